The molecule has 0 aliphatic rings. The normalized spacial score (nSPS) is 13.8. The number of fused-ring (bicyclic) bond motifs is 1. The number of aromatic nitrogens is 5. The fourth-order valence-corrected chi connectivity index (χ4v) is 7.26. The lowest BCUT2D eigenvalue weighted by molar-refractivity contribution is -0.915. The Morgan fingerprint density at radius 2 is 1.83 bits per heavy atom. The summed E-state index contributed by atoms with van der Waals surface area (Å²) < 4.78 is 98.2. The second kappa shape index (κ2) is 10.8. The second-order valence-electron chi connectivity index (χ2n) is 9.63. The zero-order valence-electron chi connectivity index (χ0n) is 21.9. The van der Waals surface area contributed by atoms with E-state index in [0.717, 1.165) is 17.4 Å². The molecule has 0 fully saturated rings. The average molecular weight is 651 g/mol. The van der Waals surface area contributed by atoms with Crippen LogP contribution < -0.4 is 15.6 Å². The van der Waals surface area contributed by atoms with E-state index < -0.39 is 59.2 Å². The SMILES string of the molecule is C[N+](C)(C)C(CNS(=O)(=O)c1ccc(-c2cccc3sc(N)nc23)c(-c2nn[nH]n2)c1S(N)(=O)=O)OC(=O)C(F)(F)F. The van der Waals surface area contributed by atoms with Crippen molar-refractivity contribution in [2.45, 2.75) is 22.2 Å². The lowest BCUT2D eigenvalue weighted by Gasteiger charge is -2.33. The van der Waals surface area contributed by atoms with Crippen molar-refractivity contribution in [1.29, 1.82) is 0 Å². The van der Waals surface area contributed by atoms with Crippen LogP contribution in [0.4, 0.5) is 18.3 Å². The number of ether oxygens (including phenoxy) is 1. The number of nitrogens with one attached hydrogen (secondary N) is 2. The van der Waals surface area contributed by atoms with E-state index in [1.165, 1.54) is 27.2 Å². The Morgan fingerprint density at radius 3 is 2.40 bits per heavy atom. The van der Waals surface area contributed by atoms with Gasteiger partial charge in [-0.25, -0.2) is 36.5 Å². The first kappa shape index (κ1) is 31.2. The summed E-state index contributed by atoms with van der Waals surface area (Å²) >= 11 is 1.16. The molecule has 0 saturated carbocycles. The summed E-state index contributed by atoms with van der Waals surface area (Å²) in [7, 11) is -5.68. The first-order valence-electron chi connectivity index (χ1n) is 11.5. The fraction of sp³-hybridized carbons (Fsp3) is 0.286. The highest BCUT2D eigenvalue weighted by atomic mass is 32.2. The quantitative estimate of drug-likeness (QED) is 0.112. The molecule has 42 heavy (non-hydrogen) atoms. The van der Waals surface area contributed by atoms with E-state index in [1.54, 1.807) is 18.2 Å². The molecule has 1 unspecified atom stereocenters. The zero-order chi connectivity index (χ0) is 31.3. The summed E-state index contributed by atoms with van der Waals surface area (Å²) in [5.41, 5.74) is 6.33. The molecular formula is C21H23F3N9O6S3+. The van der Waals surface area contributed by atoms with E-state index in [2.05, 4.69) is 30.3 Å². The van der Waals surface area contributed by atoms with Crippen molar-refractivity contribution in [3.8, 4) is 22.5 Å². The van der Waals surface area contributed by atoms with Gasteiger partial charge in [0, 0.05) is 5.56 Å². The van der Waals surface area contributed by atoms with Crippen LogP contribution in [-0.4, -0.2) is 93.0 Å². The van der Waals surface area contributed by atoms with E-state index >= 15 is 0 Å². The van der Waals surface area contributed by atoms with Gasteiger partial charge in [-0.3, -0.25) is 4.48 Å². The number of halogens is 3. The van der Waals surface area contributed by atoms with Crippen molar-refractivity contribution in [1.82, 2.24) is 30.3 Å². The van der Waals surface area contributed by atoms with Crippen molar-refractivity contribution >= 4 is 52.7 Å². The van der Waals surface area contributed by atoms with Crippen LogP contribution in [0.25, 0.3) is 32.7 Å². The molecule has 0 aliphatic heterocycles. The number of nitrogen functional groups attached to an aromatic ring is 1. The Bertz CT molecular complexity index is 1870. The predicted octanol–water partition coefficient (Wildman–Crippen LogP) is 0.789. The minimum atomic E-state index is -5.34. The highest BCUT2D eigenvalue weighted by Gasteiger charge is 2.45. The molecule has 0 amide bonds. The topological polar surface area (TPSA) is 226 Å². The molecule has 2 aromatic carbocycles. The van der Waals surface area contributed by atoms with Gasteiger partial charge in [-0.15, -0.1) is 10.2 Å². The van der Waals surface area contributed by atoms with Crippen LogP contribution in [0.3, 0.4) is 0 Å². The number of nitrogens with two attached hydrogens (primary N) is 2. The summed E-state index contributed by atoms with van der Waals surface area (Å²) in [6, 6.07) is 7.16. The van der Waals surface area contributed by atoms with E-state index in [1.807, 2.05) is 4.72 Å². The maximum atomic E-state index is 13.5. The molecule has 226 valence electrons. The molecule has 6 N–H and O–H groups in total. The van der Waals surface area contributed by atoms with Gasteiger partial charge in [-0.1, -0.05) is 29.5 Å². The van der Waals surface area contributed by atoms with Crippen LogP contribution in [0.1, 0.15) is 0 Å². The Kier molecular flexibility index (Phi) is 8.03. The molecule has 21 heteroatoms. The van der Waals surface area contributed by atoms with Crippen LogP contribution in [0.5, 0.6) is 0 Å². The van der Waals surface area contributed by atoms with E-state index in [0.29, 0.717) is 15.8 Å². The molecule has 0 bridgehead atoms. The number of esters is 1. The van der Waals surface area contributed by atoms with E-state index in [-0.39, 0.29) is 22.1 Å². The number of tetrazole rings is 1. The summed E-state index contributed by atoms with van der Waals surface area (Å²) in [5, 5.41) is 19.0. The predicted molar refractivity (Wildman–Crippen MR) is 143 cm³/mol. The van der Waals surface area contributed by atoms with Crippen molar-refractivity contribution in [2.75, 3.05) is 33.4 Å². The van der Waals surface area contributed by atoms with Crippen LogP contribution in [0, 0.1) is 0 Å². The number of sulfonamides is 2. The van der Waals surface area contributed by atoms with E-state index in [9.17, 15) is 34.8 Å². The first-order chi connectivity index (χ1) is 19.3. The van der Waals surface area contributed by atoms with Crippen molar-refractivity contribution in [3.63, 3.8) is 0 Å². The number of aromatic amines is 1. The second-order valence-corrected chi connectivity index (χ2v) is 13.9. The van der Waals surface area contributed by atoms with Gasteiger partial charge in [-0.05, 0) is 22.9 Å². The van der Waals surface area contributed by atoms with Gasteiger partial charge in [0.05, 0.1) is 36.9 Å². The number of anilines is 1. The molecule has 15 nitrogen and oxygen atoms in total. The highest BCUT2D eigenvalue weighted by molar-refractivity contribution is 7.92. The number of rotatable bonds is 9. The molecule has 0 saturated heterocycles. The summed E-state index contributed by atoms with van der Waals surface area (Å²) in [6.45, 7) is -0.867. The Morgan fingerprint density at radius 1 is 1.14 bits per heavy atom. The number of benzene rings is 2. The molecule has 4 aromatic rings. The zero-order valence-corrected chi connectivity index (χ0v) is 24.3. The maximum Gasteiger partial charge on any atom is 0.491 e. The number of quaternary nitrogens is 1. The number of alkyl halides is 3. The lowest BCUT2D eigenvalue weighted by Crippen LogP contribution is -2.54. The summed E-state index contributed by atoms with van der Waals surface area (Å²) in [5.74, 6) is -2.87. The number of primary sulfonamides is 1. The number of nitrogens with zero attached hydrogens (tertiary/aromatic N) is 5. The van der Waals surface area contributed by atoms with Crippen molar-refractivity contribution in [2.24, 2.45) is 5.14 Å². The number of hydrogen-bond acceptors (Lipinski definition) is 12. The summed E-state index contributed by atoms with van der Waals surface area (Å²) in [4.78, 5) is 14.0. The number of thiazole rings is 1. The fourth-order valence-electron chi connectivity index (χ4n) is 3.88. The van der Waals surface area contributed by atoms with Gasteiger partial charge < -0.3 is 10.5 Å². The largest absolute Gasteiger partial charge is 0.491 e. The van der Waals surface area contributed by atoms with Gasteiger partial charge in [0.2, 0.25) is 32.1 Å². The van der Waals surface area contributed by atoms with E-state index in [4.69, 9.17) is 10.9 Å². The van der Waals surface area contributed by atoms with Crippen LogP contribution in [0.15, 0.2) is 40.1 Å². The molecular weight excluding hydrogens is 627 g/mol. The maximum absolute atomic E-state index is 13.5. The Hall–Kier alpha value is -3.76. The van der Waals surface area contributed by atoms with Gasteiger partial charge in [0.25, 0.3) is 0 Å². The molecule has 2 heterocycles. The number of likely N-dealkylation sites (N-methyl/N-ethyl adjacent to an activating group) is 1. The standard InChI is InChI=1S/C21H23F3N9O6S3/c1-33(2,3)14(39-19(34)21(22,23)24)9-27-42(37,38)13-8-7-10(11-5-4-6-12-16(11)28-20(25)40-12)15(17(13)41(26,35)36)18-29-31-32-30-18/h4-8,14,27H,9H2,1-3H3,(H2,25,28)(H2,26,35,36)(H,29,30,31,32)/q+1. The van der Waals surface area contributed by atoms with Crippen LogP contribution in [0.2, 0.25) is 0 Å². The van der Waals surface area contributed by atoms with Crippen LogP contribution in [-0.2, 0) is 29.6 Å². The number of para-hydroxylation sites is 1. The van der Waals surface area contributed by atoms with Gasteiger partial charge >= 0.3 is 12.1 Å². The molecule has 0 spiro atoms. The molecule has 0 radical (unpaired) electrons. The molecule has 2 aromatic heterocycles. The van der Waals surface area contributed by atoms with Gasteiger partial charge in [-0.2, -0.15) is 18.4 Å². The highest BCUT2D eigenvalue weighted by Crippen LogP contribution is 2.41. The monoisotopic (exact) mass is 650 g/mol. The molecule has 0 aliphatic carbocycles. The number of carbonyl (C=O) groups excluding carboxylic acids is 1. The third-order valence-electron chi connectivity index (χ3n) is 5.78. The van der Waals surface area contributed by atoms with Gasteiger partial charge in [0.15, 0.2) is 5.13 Å². The Balaban J connectivity index is 1.89. The minimum absolute atomic E-state index is 0.110. The minimum Gasteiger partial charge on any atom is -0.404 e. The molecule has 1 atom stereocenters. The smallest absolute Gasteiger partial charge is 0.404 e. The third-order valence-corrected chi connectivity index (χ3v) is 9.21. The number of hydrogen-bond donors (Lipinski definition) is 4. The first-order valence-corrected chi connectivity index (χ1v) is 15.3. The van der Waals surface area contributed by atoms with Crippen molar-refractivity contribution in [3.05, 3.63) is 30.3 Å². The average Bonchev–Trinajstić information content (AvgIpc) is 3.52. The van der Waals surface area contributed by atoms with Crippen molar-refractivity contribution < 1.29 is 44.0 Å². The Labute approximate surface area is 240 Å². The number of H-pyrrole nitrogens is 1. The molecule has 4 rings (SSSR count). The summed E-state index contributed by atoms with van der Waals surface area (Å²) in [6.07, 6.45) is -7.01. The third kappa shape index (κ3) is 6.34. The lowest BCUT2D eigenvalue weighted by atomic mass is 9.98. The number of carbonyl (C=O) groups is 1. The van der Waals surface area contributed by atoms with Crippen LogP contribution >= 0.6 is 11.3 Å². The van der Waals surface area contributed by atoms with Gasteiger partial charge in [0.1, 0.15) is 16.3 Å².